The van der Waals surface area contributed by atoms with Crippen LogP contribution in [0.3, 0.4) is 0 Å². The fourth-order valence-electron chi connectivity index (χ4n) is 2.93. The Balaban J connectivity index is 1.83. The van der Waals surface area contributed by atoms with Gasteiger partial charge in [-0.2, -0.15) is 0 Å². The summed E-state index contributed by atoms with van der Waals surface area (Å²) in [4.78, 5) is 0. The molecule has 0 bridgehead atoms. The highest BCUT2D eigenvalue weighted by atomic mass is 16.7. The van der Waals surface area contributed by atoms with Crippen LogP contribution in [-0.2, 0) is 6.42 Å². The van der Waals surface area contributed by atoms with Crippen LogP contribution in [-0.4, -0.2) is 34.7 Å². The molecule has 3 rings (SSSR count). The third-order valence-electron chi connectivity index (χ3n) is 4.25. The van der Waals surface area contributed by atoms with Gasteiger partial charge in [0.2, 0.25) is 12.5 Å². The smallest absolute Gasteiger partial charge is 0.231 e. The van der Waals surface area contributed by atoms with Gasteiger partial charge < -0.3 is 28.4 Å². The normalized spacial score (nSPS) is 12.1. The second-order valence-corrected chi connectivity index (χ2v) is 5.98. The van der Waals surface area contributed by atoms with Gasteiger partial charge in [-0.1, -0.05) is 24.8 Å². The number of ether oxygens (including phenoxy) is 6. The van der Waals surface area contributed by atoms with E-state index in [0.29, 0.717) is 36.0 Å². The molecule has 0 atom stereocenters. The van der Waals surface area contributed by atoms with Crippen molar-refractivity contribution >= 4 is 6.08 Å². The lowest BCUT2D eigenvalue weighted by molar-refractivity contribution is 0.174. The third kappa shape index (κ3) is 4.17. The van der Waals surface area contributed by atoms with Crippen LogP contribution in [0.25, 0.3) is 6.08 Å². The van der Waals surface area contributed by atoms with E-state index in [4.69, 9.17) is 28.4 Å². The Morgan fingerprint density at radius 3 is 2.21 bits per heavy atom. The summed E-state index contributed by atoms with van der Waals surface area (Å²) in [5.41, 5.74) is 1.93. The maximum absolute atomic E-state index is 5.77. The highest BCUT2D eigenvalue weighted by molar-refractivity contribution is 5.62. The molecule has 0 unspecified atom stereocenters. The molecule has 0 fully saturated rings. The molecule has 1 aliphatic heterocycles. The molecule has 0 radical (unpaired) electrons. The van der Waals surface area contributed by atoms with E-state index in [1.165, 1.54) is 0 Å². The molecular formula is C22H24O6. The zero-order valence-corrected chi connectivity index (χ0v) is 16.3. The molecule has 148 valence electrons. The molecular weight excluding hydrogens is 360 g/mol. The number of methoxy groups -OCH3 is 3. The molecule has 0 saturated heterocycles. The summed E-state index contributed by atoms with van der Waals surface area (Å²) >= 11 is 0. The first-order chi connectivity index (χ1) is 13.7. The average molecular weight is 384 g/mol. The number of hydrogen-bond donors (Lipinski definition) is 0. The summed E-state index contributed by atoms with van der Waals surface area (Å²) in [6, 6.07) is 7.59. The van der Waals surface area contributed by atoms with Gasteiger partial charge in [-0.15, -0.1) is 0 Å². The highest BCUT2D eigenvalue weighted by Gasteiger charge is 2.17. The molecule has 2 aromatic rings. The van der Waals surface area contributed by atoms with Gasteiger partial charge in [0.15, 0.2) is 23.0 Å². The summed E-state index contributed by atoms with van der Waals surface area (Å²) in [6.45, 7) is 4.34. The summed E-state index contributed by atoms with van der Waals surface area (Å²) in [5, 5.41) is 0. The van der Waals surface area contributed by atoms with Crippen LogP contribution in [0.5, 0.6) is 34.5 Å². The monoisotopic (exact) mass is 384 g/mol. The Bertz CT molecular complexity index is 847. The predicted molar refractivity (Wildman–Crippen MR) is 107 cm³/mol. The van der Waals surface area contributed by atoms with Crippen molar-refractivity contribution in [1.82, 2.24) is 0 Å². The highest BCUT2D eigenvalue weighted by Crippen LogP contribution is 2.40. The van der Waals surface area contributed by atoms with Gasteiger partial charge in [0, 0.05) is 11.6 Å². The summed E-state index contributed by atoms with van der Waals surface area (Å²) in [7, 11) is 4.78. The molecule has 6 heteroatoms. The van der Waals surface area contributed by atoms with Crippen LogP contribution < -0.4 is 28.4 Å². The lowest BCUT2D eigenvalue weighted by Gasteiger charge is -2.13. The van der Waals surface area contributed by atoms with Crippen LogP contribution in [0.4, 0.5) is 0 Å². The van der Waals surface area contributed by atoms with E-state index in [1.54, 1.807) is 27.4 Å². The van der Waals surface area contributed by atoms with Crippen LogP contribution >= 0.6 is 0 Å². The van der Waals surface area contributed by atoms with Gasteiger partial charge in [0.05, 0.1) is 21.3 Å². The molecule has 0 N–H and O–H groups in total. The van der Waals surface area contributed by atoms with Crippen LogP contribution in [0.15, 0.2) is 43.0 Å². The van der Waals surface area contributed by atoms with Crippen molar-refractivity contribution in [2.75, 3.05) is 34.7 Å². The summed E-state index contributed by atoms with van der Waals surface area (Å²) in [5.74, 6) is 3.95. The Hall–Kier alpha value is -3.28. The maximum atomic E-state index is 5.77. The maximum Gasteiger partial charge on any atom is 0.231 e. The molecule has 0 aliphatic carbocycles. The van der Waals surface area contributed by atoms with Crippen molar-refractivity contribution in [1.29, 1.82) is 0 Å². The largest absolute Gasteiger partial charge is 0.493 e. The first kappa shape index (κ1) is 19.5. The minimum Gasteiger partial charge on any atom is -0.493 e. The van der Waals surface area contributed by atoms with Gasteiger partial charge in [0.1, 0.15) is 12.4 Å². The second-order valence-electron chi connectivity index (χ2n) is 5.98. The Morgan fingerprint density at radius 2 is 1.61 bits per heavy atom. The van der Waals surface area contributed by atoms with Gasteiger partial charge in [0.25, 0.3) is 0 Å². The fraction of sp³-hybridized carbons (Fsp3) is 0.273. The van der Waals surface area contributed by atoms with Crippen LogP contribution in [0.2, 0.25) is 0 Å². The first-order valence-corrected chi connectivity index (χ1v) is 8.83. The van der Waals surface area contributed by atoms with E-state index >= 15 is 0 Å². The zero-order chi connectivity index (χ0) is 19.9. The van der Waals surface area contributed by atoms with Crippen molar-refractivity contribution in [2.45, 2.75) is 6.42 Å². The van der Waals surface area contributed by atoms with Crippen molar-refractivity contribution in [2.24, 2.45) is 0 Å². The molecule has 1 heterocycles. The molecule has 0 amide bonds. The topological polar surface area (TPSA) is 55.4 Å². The lowest BCUT2D eigenvalue weighted by Crippen LogP contribution is -1.97. The Kier molecular flexibility index (Phi) is 6.32. The molecule has 28 heavy (non-hydrogen) atoms. The van der Waals surface area contributed by atoms with Gasteiger partial charge in [-0.05, 0) is 30.2 Å². The van der Waals surface area contributed by atoms with Crippen molar-refractivity contribution in [3.8, 4) is 34.5 Å². The number of allylic oxidation sites excluding steroid dienone is 1. The molecule has 1 aliphatic rings. The molecule has 0 spiro atoms. The van der Waals surface area contributed by atoms with E-state index < -0.39 is 0 Å². The van der Waals surface area contributed by atoms with E-state index in [2.05, 4.69) is 6.58 Å². The van der Waals surface area contributed by atoms with E-state index in [9.17, 15) is 0 Å². The van der Waals surface area contributed by atoms with E-state index in [1.807, 2.05) is 36.4 Å². The Morgan fingerprint density at radius 1 is 0.929 bits per heavy atom. The fourth-order valence-corrected chi connectivity index (χ4v) is 2.93. The van der Waals surface area contributed by atoms with Crippen LogP contribution in [0, 0.1) is 0 Å². The SMILES string of the molecule is C=CCOc1cc2c(cc1CC=Cc1cc(OC)c(OC)c(OC)c1)OCO2. The minimum absolute atomic E-state index is 0.223. The Labute approximate surface area is 164 Å². The van der Waals surface area contributed by atoms with Crippen molar-refractivity contribution in [3.05, 3.63) is 54.1 Å². The predicted octanol–water partition coefficient (Wildman–Crippen LogP) is 4.26. The minimum atomic E-state index is 0.223. The summed E-state index contributed by atoms with van der Waals surface area (Å²) < 4.78 is 32.8. The molecule has 0 saturated carbocycles. The number of rotatable bonds is 9. The van der Waals surface area contributed by atoms with E-state index in [0.717, 1.165) is 22.6 Å². The third-order valence-corrected chi connectivity index (χ3v) is 4.25. The standard InChI is InChI=1S/C22H24O6/c1-5-9-26-17-13-19-18(27-14-28-19)12-16(17)8-6-7-15-10-20(23-2)22(25-4)21(11-15)24-3/h5-7,10-13H,1,8-9,14H2,2-4H3. The van der Waals surface area contributed by atoms with Crippen molar-refractivity contribution < 1.29 is 28.4 Å². The number of hydrogen-bond acceptors (Lipinski definition) is 6. The summed E-state index contributed by atoms with van der Waals surface area (Å²) in [6.07, 6.45) is 6.39. The second kappa shape index (κ2) is 9.08. The first-order valence-electron chi connectivity index (χ1n) is 8.83. The number of benzene rings is 2. The van der Waals surface area contributed by atoms with Gasteiger partial charge in [-0.3, -0.25) is 0 Å². The quantitative estimate of drug-likeness (QED) is 0.602. The lowest BCUT2D eigenvalue weighted by atomic mass is 10.1. The zero-order valence-electron chi connectivity index (χ0n) is 16.3. The molecule has 0 aromatic heterocycles. The van der Waals surface area contributed by atoms with E-state index in [-0.39, 0.29) is 6.79 Å². The van der Waals surface area contributed by atoms with Gasteiger partial charge >= 0.3 is 0 Å². The average Bonchev–Trinajstić information content (AvgIpc) is 3.18. The number of fused-ring (bicyclic) bond motifs is 1. The molecule has 6 nitrogen and oxygen atoms in total. The van der Waals surface area contributed by atoms with Gasteiger partial charge in [-0.25, -0.2) is 0 Å². The van der Waals surface area contributed by atoms with Crippen LogP contribution in [0.1, 0.15) is 11.1 Å². The van der Waals surface area contributed by atoms with Crippen molar-refractivity contribution in [3.63, 3.8) is 0 Å². The molecule has 2 aromatic carbocycles.